The quantitative estimate of drug-likeness (QED) is 0.420. The van der Waals surface area contributed by atoms with Gasteiger partial charge in [0.1, 0.15) is 6.04 Å². The zero-order chi connectivity index (χ0) is 19.3. The monoisotopic (exact) mass is 378 g/mol. The number of nitrogen functional groups attached to an aromatic ring is 1. The molecule has 0 aromatic heterocycles. The minimum Gasteiger partial charge on any atom is -0.480 e. The smallest absolute Gasteiger partial charge is 0.326 e. The molecular weight excluding hydrogens is 360 g/mol. The lowest BCUT2D eigenvalue weighted by molar-refractivity contribution is -0.139. The number of carbonyl (C=O) groups excluding carboxylic acids is 1. The van der Waals surface area contributed by atoms with Gasteiger partial charge in [-0.25, -0.2) is 4.79 Å². The molecule has 0 spiro atoms. The molecule has 0 saturated carbocycles. The van der Waals surface area contributed by atoms with Crippen molar-refractivity contribution in [2.45, 2.75) is 12.5 Å². The second-order valence-corrected chi connectivity index (χ2v) is 7.15. The van der Waals surface area contributed by atoms with Crippen molar-refractivity contribution in [2.24, 2.45) is 0 Å². The topological polar surface area (TPSA) is 147 Å². The van der Waals surface area contributed by atoms with Crippen LogP contribution in [0, 0.1) is 0 Å². The van der Waals surface area contributed by atoms with E-state index in [0.29, 0.717) is 5.56 Å². The number of aliphatic carboxylic acids is 1. The van der Waals surface area contributed by atoms with Gasteiger partial charge in [0.25, 0.3) is 16.0 Å². The Kier molecular flexibility index (Phi) is 5.96. The summed E-state index contributed by atoms with van der Waals surface area (Å²) < 4.78 is 30.5. The van der Waals surface area contributed by atoms with E-state index in [2.05, 4.69) is 5.32 Å². The third kappa shape index (κ3) is 5.04. The molecule has 2 rings (SSSR count). The lowest BCUT2D eigenvalue weighted by atomic mass is 9.97. The number of nitrogens with two attached hydrogens (primary N) is 1. The fraction of sp³-hybridized carbons (Fsp3) is 0.176. The van der Waals surface area contributed by atoms with Crippen LogP contribution in [0.3, 0.4) is 0 Å². The van der Waals surface area contributed by atoms with E-state index in [0.717, 1.165) is 5.56 Å². The molecule has 0 aliphatic rings. The first-order chi connectivity index (χ1) is 12.2. The standard InChI is InChI=1S/C17H18N2O6S/c18-13-8-4-7-12(11-5-2-1-3-6-11)15(13)16(20)19-14(17(21)22)9-10-26(23,24)25/h1-8,14H,9-10,18H2,(H,19,20)(H,21,22)(H,23,24,25)/t14-/m0/s1. The number of hydrogen-bond donors (Lipinski definition) is 4. The van der Waals surface area contributed by atoms with E-state index in [1.165, 1.54) is 6.07 Å². The summed E-state index contributed by atoms with van der Waals surface area (Å²) in [6, 6.07) is 12.3. The molecule has 0 radical (unpaired) electrons. The van der Waals surface area contributed by atoms with Gasteiger partial charge >= 0.3 is 5.97 Å². The highest BCUT2D eigenvalue weighted by Gasteiger charge is 2.25. The third-order valence-electron chi connectivity index (χ3n) is 3.68. The average molecular weight is 378 g/mol. The van der Waals surface area contributed by atoms with Gasteiger partial charge in [0.05, 0.1) is 11.3 Å². The zero-order valence-corrected chi connectivity index (χ0v) is 14.4. The van der Waals surface area contributed by atoms with Crippen LogP contribution in [0.1, 0.15) is 16.8 Å². The Morgan fingerprint density at radius 1 is 1.08 bits per heavy atom. The summed E-state index contributed by atoms with van der Waals surface area (Å²) in [6.45, 7) is 0. The van der Waals surface area contributed by atoms with Crippen LogP contribution in [0.4, 0.5) is 5.69 Å². The molecule has 0 heterocycles. The summed E-state index contributed by atoms with van der Waals surface area (Å²) in [5, 5.41) is 11.5. The molecule has 0 fully saturated rings. The minimum absolute atomic E-state index is 0.0943. The van der Waals surface area contributed by atoms with Crippen molar-refractivity contribution in [3.8, 4) is 11.1 Å². The van der Waals surface area contributed by atoms with Crippen LogP contribution in [0.25, 0.3) is 11.1 Å². The molecule has 1 atom stereocenters. The van der Waals surface area contributed by atoms with E-state index < -0.39 is 40.2 Å². The van der Waals surface area contributed by atoms with Gasteiger partial charge in [-0.3, -0.25) is 9.35 Å². The molecule has 0 unspecified atom stereocenters. The van der Waals surface area contributed by atoms with Crippen molar-refractivity contribution in [2.75, 3.05) is 11.5 Å². The van der Waals surface area contributed by atoms with Crippen molar-refractivity contribution in [3.63, 3.8) is 0 Å². The summed E-state index contributed by atoms with van der Waals surface area (Å²) in [6.07, 6.45) is -0.479. The first kappa shape index (κ1) is 19.4. The molecule has 2 aromatic carbocycles. The van der Waals surface area contributed by atoms with Gasteiger partial charge in [0, 0.05) is 5.69 Å². The lowest BCUT2D eigenvalue weighted by Crippen LogP contribution is -2.42. The van der Waals surface area contributed by atoms with Crippen LogP contribution in [0.15, 0.2) is 48.5 Å². The molecule has 5 N–H and O–H groups in total. The molecule has 9 heteroatoms. The van der Waals surface area contributed by atoms with Crippen LogP contribution in [-0.4, -0.2) is 41.7 Å². The summed E-state index contributed by atoms with van der Waals surface area (Å²) >= 11 is 0. The summed E-state index contributed by atoms with van der Waals surface area (Å²) in [4.78, 5) is 23.9. The maximum absolute atomic E-state index is 12.6. The highest BCUT2D eigenvalue weighted by molar-refractivity contribution is 7.85. The van der Waals surface area contributed by atoms with E-state index in [-0.39, 0.29) is 11.3 Å². The normalized spacial score (nSPS) is 12.3. The summed E-state index contributed by atoms with van der Waals surface area (Å²) in [5.74, 6) is -2.96. The largest absolute Gasteiger partial charge is 0.480 e. The second kappa shape index (κ2) is 7.98. The van der Waals surface area contributed by atoms with E-state index in [1.54, 1.807) is 36.4 Å². The highest BCUT2D eigenvalue weighted by atomic mass is 32.2. The number of nitrogens with one attached hydrogen (secondary N) is 1. The third-order valence-corrected chi connectivity index (χ3v) is 4.43. The molecule has 8 nitrogen and oxygen atoms in total. The molecule has 0 aliphatic heterocycles. The van der Waals surface area contributed by atoms with E-state index in [4.69, 9.17) is 10.3 Å². The number of rotatable bonds is 7. The molecule has 138 valence electrons. The maximum Gasteiger partial charge on any atom is 0.326 e. The van der Waals surface area contributed by atoms with Crippen LogP contribution in [-0.2, 0) is 14.9 Å². The van der Waals surface area contributed by atoms with Gasteiger partial charge < -0.3 is 16.2 Å². The van der Waals surface area contributed by atoms with E-state index in [9.17, 15) is 23.1 Å². The molecular formula is C17H18N2O6S. The summed E-state index contributed by atoms with van der Waals surface area (Å²) in [5.41, 5.74) is 7.39. The van der Waals surface area contributed by atoms with Gasteiger partial charge in [-0.2, -0.15) is 8.42 Å². The van der Waals surface area contributed by atoms with Gasteiger partial charge in [-0.15, -0.1) is 0 Å². The minimum atomic E-state index is -4.35. The van der Waals surface area contributed by atoms with Crippen LogP contribution < -0.4 is 11.1 Å². The Balaban J connectivity index is 2.32. The Morgan fingerprint density at radius 3 is 2.31 bits per heavy atom. The fourth-order valence-corrected chi connectivity index (χ4v) is 2.97. The van der Waals surface area contributed by atoms with E-state index >= 15 is 0 Å². The molecule has 0 saturated heterocycles. The van der Waals surface area contributed by atoms with Gasteiger partial charge in [0.2, 0.25) is 0 Å². The number of carboxylic acids is 1. The van der Waals surface area contributed by atoms with Crippen molar-refractivity contribution in [1.29, 1.82) is 0 Å². The SMILES string of the molecule is Nc1cccc(-c2ccccc2)c1C(=O)N[C@@H](CCS(=O)(=O)O)C(=O)O. The Bertz CT molecular complexity index is 912. The molecule has 1 amide bonds. The number of carbonyl (C=O) groups is 2. The number of benzene rings is 2. The number of anilines is 1. The van der Waals surface area contributed by atoms with Gasteiger partial charge in [0.15, 0.2) is 0 Å². The first-order valence-corrected chi connectivity index (χ1v) is 9.22. The van der Waals surface area contributed by atoms with Crippen LogP contribution in [0.2, 0.25) is 0 Å². The predicted molar refractivity (Wildman–Crippen MR) is 96.2 cm³/mol. The first-order valence-electron chi connectivity index (χ1n) is 7.62. The Hall–Kier alpha value is -2.91. The number of hydrogen-bond acceptors (Lipinski definition) is 5. The van der Waals surface area contributed by atoms with Gasteiger partial charge in [-0.05, 0) is 23.6 Å². The fourth-order valence-electron chi connectivity index (χ4n) is 2.44. The number of carboxylic acid groups (broad SMARTS) is 1. The van der Waals surface area contributed by atoms with Gasteiger partial charge in [-0.1, -0.05) is 42.5 Å². The average Bonchev–Trinajstić information content (AvgIpc) is 2.57. The highest BCUT2D eigenvalue weighted by Crippen LogP contribution is 2.27. The van der Waals surface area contributed by atoms with Crippen molar-refractivity contribution in [1.82, 2.24) is 5.32 Å². The van der Waals surface area contributed by atoms with Crippen molar-refractivity contribution in [3.05, 3.63) is 54.1 Å². The molecule has 26 heavy (non-hydrogen) atoms. The zero-order valence-electron chi connectivity index (χ0n) is 13.6. The predicted octanol–water partition coefficient (Wildman–Crippen LogP) is 1.40. The van der Waals surface area contributed by atoms with Crippen LogP contribution in [0.5, 0.6) is 0 Å². The Labute approximate surface area is 150 Å². The molecule has 2 aromatic rings. The molecule has 0 aliphatic carbocycles. The van der Waals surface area contributed by atoms with E-state index in [1.807, 2.05) is 6.07 Å². The summed E-state index contributed by atoms with van der Waals surface area (Å²) in [7, 11) is -4.35. The maximum atomic E-state index is 12.6. The van der Waals surface area contributed by atoms with Crippen LogP contribution >= 0.6 is 0 Å². The Morgan fingerprint density at radius 2 is 1.73 bits per heavy atom. The van der Waals surface area contributed by atoms with Crippen molar-refractivity contribution < 1.29 is 27.7 Å². The lowest BCUT2D eigenvalue weighted by Gasteiger charge is -2.17. The second-order valence-electron chi connectivity index (χ2n) is 5.57. The van der Waals surface area contributed by atoms with Crippen molar-refractivity contribution >= 4 is 27.7 Å². The number of amides is 1. The molecule has 0 bridgehead atoms.